The molecule has 0 radical (unpaired) electrons. The lowest BCUT2D eigenvalue weighted by atomic mass is 9.84. The van der Waals surface area contributed by atoms with E-state index in [0.717, 1.165) is 36.9 Å². The Bertz CT molecular complexity index is 735. The first-order valence-electron chi connectivity index (χ1n) is 9.78. The van der Waals surface area contributed by atoms with E-state index in [0.29, 0.717) is 19.0 Å². The first-order chi connectivity index (χ1) is 12.7. The zero-order valence-electron chi connectivity index (χ0n) is 15.5. The van der Waals surface area contributed by atoms with E-state index in [2.05, 4.69) is 39.4 Å². The second kappa shape index (κ2) is 7.92. The minimum atomic E-state index is 0.0657. The second-order valence-corrected chi connectivity index (χ2v) is 8.64. The molecular formula is C20H28N4OS. The monoisotopic (exact) mass is 372 g/mol. The van der Waals surface area contributed by atoms with E-state index in [4.69, 9.17) is 4.98 Å². The van der Waals surface area contributed by atoms with Crippen molar-refractivity contribution in [3.63, 3.8) is 0 Å². The van der Waals surface area contributed by atoms with Crippen molar-refractivity contribution in [1.29, 1.82) is 0 Å². The number of rotatable bonds is 7. The lowest BCUT2D eigenvalue weighted by molar-refractivity contribution is -0.120. The Labute approximate surface area is 159 Å². The van der Waals surface area contributed by atoms with Gasteiger partial charge >= 0.3 is 0 Å². The third-order valence-corrected chi connectivity index (χ3v) is 6.68. The van der Waals surface area contributed by atoms with Gasteiger partial charge in [0.2, 0.25) is 5.91 Å². The molecule has 6 heteroatoms. The number of nitrogens with one attached hydrogen (secondary N) is 1. The molecule has 1 atom stereocenters. The molecule has 0 unspecified atom stereocenters. The summed E-state index contributed by atoms with van der Waals surface area (Å²) < 4.78 is 2.25. The summed E-state index contributed by atoms with van der Waals surface area (Å²) in [6.45, 7) is 6.22. The number of fused-ring (bicyclic) bond motifs is 1. The largest absolute Gasteiger partial charge is 0.355 e. The maximum atomic E-state index is 12.2. The molecule has 0 bridgehead atoms. The van der Waals surface area contributed by atoms with Gasteiger partial charge in [-0.05, 0) is 43.6 Å². The number of carbonyl (C=O) groups excluding carboxylic acids is 1. The highest BCUT2D eigenvalue weighted by Crippen LogP contribution is 2.32. The van der Waals surface area contributed by atoms with E-state index >= 15 is 0 Å². The van der Waals surface area contributed by atoms with E-state index in [1.165, 1.54) is 30.7 Å². The van der Waals surface area contributed by atoms with E-state index in [-0.39, 0.29) is 5.91 Å². The normalized spacial score (nSPS) is 20.6. The fourth-order valence-electron chi connectivity index (χ4n) is 3.94. The molecular weight excluding hydrogens is 344 g/mol. The van der Waals surface area contributed by atoms with Gasteiger partial charge in [-0.1, -0.05) is 12.5 Å². The molecule has 2 aliphatic rings. The van der Waals surface area contributed by atoms with Crippen LogP contribution in [-0.2, 0) is 24.2 Å². The molecule has 140 valence electrons. The maximum Gasteiger partial charge on any atom is 0.226 e. The third kappa shape index (κ3) is 4.01. The molecule has 4 rings (SSSR count). The molecule has 1 fully saturated rings. The van der Waals surface area contributed by atoms with Crippen LogP contribution in [0.15, 0.2) is 23.7 Å². The molecule has 3 heterocycles. The molecule has 1 aliphatic carbocycles. The minimum Gasteiger partial charge on any atom is -0.355 e. The lowest BCUT2D eigenvalue weighted by Gasteiger charge is -2.38. The Balaban J connectivity index is 1.30. The molecule has 1 N–H and O–H groups in total. The molecule has 0 aromatic carbocycles. The van der Waals surface area contributed by atoms with Crippen molar-refractivity contribution in [3.8, 4) is 0 Å². The second-order valence-electron chi connectivity index (χ2n) is 7.61. The van der Waals surface area contributed by atoms with Crippen molar-refractivity contribution in [2.75, 3.05) is 19.6 Å². The minimum absolute atomic E-state index is 0.0657. The average Bonchev–Trinajstić information content (AvgIpc) is 3.22. The molecule has 1 amide bonds. The standard InChI is InChI=1S/C20H28N4OS/c1-15-20-22-17(12-19(25)21-8-7-18-6-3-11-26-18)14-24(20)10-9-23(15)13-16-4-2-5-16/h3,6,11,14-16H,2,4-5,7-10,12-13H2,1H3,(H,21,25)/t15-/m0/s1. The third-order valence-electron chi connectivity index (χ3n) is 5.74. The van der Waals surface area contributed by atoms with E-state index in [1.807, 2.05) is 6.07 Å². The van der Waals surface area contributed by atoms with Crippen molar-refractivity contribution < 1.29 is 4.79 Å². The summed E-state index contributed by atoms with van der Waals surface area (Å²) in [6, 6.07) is 4.50. The molecule has 2 aromatic heterocycles. The van der Waals surface area contributed by atoms with Crippen LogP contribution in [0.25, 0.3) is 0 Å². The van der Waals surface area contributed by atoms with Crippen LogP contribution < -0.4 is 5.32 Å². The van der Waals surface area contributed by atoms with Gasteiger partial charge in [-0.2, -0.15) is 0 Å². The predicted molar refractivity (Wildman–Crippen MR) is 104 cm³/mol. The molecule has 1 aliphatic heterocycles. The summed E-state index contributed by atoms with van der Waals surface area (Å²) in [7, 11) is 0. The van der Waals surface area contributed by atoms with Gasteiger partial charge in [-0.3, -0.25) is 9.69 Å². The van der Waals surface area contributed by atoms with Crippen LogP contribution in [0.4, 0.5) is 0 Å². The van der Waals surface area contributed by atoms with E-state index in [1.54, 1.807) is 11.3 Å². The Hall–Kier alpha value is -1.66. The highest BCUT2D eigenvalue weighted by molar-refractivity contribution is 7.09. The number of thiophene rings is 1. The van der Waals surface area contributed by atoms with Crippen molar-refractivity contribution in [3.05, 3.63) is 40.1 Å². The molecule has 5 nitrogen and oxygen atoms in total. The van der Waals surface area contributed by atoms with Crippen LogP contribution >= 0.6 is 11.3 Å². The molecule has 0 spiro atoms. The SMILES string of the molecule is C[C@H]1c2nc(CC(=O)NCCc3cccs3)cn2CCN1CC1CCC1. The van der Waals surface area contributed by atoms with Crippen LogP contribution in [0.1, 0.15) is 48.6 Å². The lowest BCUT2D eigenvalue weighted by Crippen LogP contribution is -2.41. The van der Waals surface area contributed by atoms with Crippen LogP contribution in [-0.4, -0.2) is 40.0 Å². The summed E-state index contributed by atoms with van der Waals surface area (Å²) in [6.07, 6.45) is 7.51. The van der Waals surface area contributed by atoms with Gasteiger partial charge in [0.05, 0.1) is 18.2 Å². The highest BCUT2D eigenvalue weighted by atomic mass is 32.1. The molecule has 2 aromatic rings. The number of nitrogens with zero attached hydrogens (tertiary/aromatic N) is 3. The van der Waals surface area contributed by atoms with Crippen LogP contribution in [0.2, 0.25) is 0 Å². The van der Waals surface area contributed by atoms with Gasteiger partial charge in [0.1, 0.15) is 5.82 Å². The molecule has 1 saturated carbocycles. The molecule has 26 heavy (non-hydrogen) atoms. The number of carbonyl (C=O) groups is 1. The van der Waals surface area contributed by atoms with Crippen LogP contribution in [0.3, 0.4) is 0 Å². The van der Waals surface area contributed by atoms with Crippen LogP contribution in [0.5, 0.6) is 0 Å². The quantitative estimate of drug-likeness (QED) is 0.813. The smallest absolute Gasteiger partial charge is 0.226 e. The Morgan fingerprint density at radius 2 is 2.27 bits per heavy atom. The maximum absolute atomic E-state index is 12.2. The van der Waals surface area contributed by atoms with E-state index < -0.39 is 0 Å². The Morgan fingerprint density at radius 3 is 3.00 bits per heavy atom. The summed E-state index contributed by atoms with van der Waals surface area (Å²) >= 11 is 1.74. The first kappa shape index (κ1) is 17.7. The number of amides is 1. The number of hydrogen-bond acceptors (Lipinski definition) is 4. The summed E-state index contributed by atoms with van der Waals surface area (Å²) in [4.78, 5) is 20.9. The van der Waals surface area contributed by atoms with E-state index in [9.17, 15) is 4.79 Å². The zero-order chi connectivity index (χ0) is 17.9. The van der Waals surface area contributed by atoms with Crippen molar-refractivity contribution in [1.82, 2.24) is 19.8 Å². The highest BCUT2D eigenvalue weighted by Gasteiger charge is 2.29. The fourth-order valence-corrected chi connectivity index (χ4v) is 4.65. The van der Waals surface area contributed by atoms with Gasteiger partial charge < -0.3 is 9.88 Å². The molecule has 0 saturated heterocycles. The van der Waals surface area contributed by atoms with Crippen molar-refractivity contribution in [2.45, 2.75) is 51.6 Å². The average molecular weight is 373 g/mol. The zero-order valence-corrected chi connectivity index (χ0v) is 16.3. The Kier molecular flexibility index (Phi) is 5.41. The van der Waals surface area contributed by atoms with Gasteiger partial charge in [-0.15, -0.1) is 11.3 Å². The van der Waals surface area contributed by atoms with Gasteiger partial charge in [0.25, 0.3) is 0 Å². The topological polar surface area (TPSA) is 50.2 Å². The van der Waals surface area contributed by atoms with Gasteiger partial charge in [-0.25, -0.2) is 4.98 Å². The predicted octanol–water partition coefficient (Wildman–Crippen LogP) is 3.02. The van der Waals surface area contributed by atoms with Crippen molar-refractivity contribution >= 4 is 17.2 Å². The van der Waals surface area contributed by atoms with Gasteiger partial charge in [0, 0.05) is 37.3 Å². The summed E-state index contributed by atoms with van der Waals surface area (Å²) in [5.41, 5.74) is 0.894. The fraction of sp³-hybridized carbons (Fsp3) is 0.600. The Morgan fingerprint density at radius 1 is 1.38 bits per heavy atom. The first-order valence-corrected chi connectivity index (χ1v) is 10.7. The van der Waals surface area contributed by atoms with Crippen LogP contribution in [0, 0.1) is 5.92 Å². The number of hydrogen-bond donors (Lipinski definition) is 1. The van der Waals surface area contributed by atoms with Gasteiger partial charge in [0.15, 0.2) is 0 Å². The number of aromatic nitrogens is 2. The number of imidazole rings is 1. The summed E-state index contributed by atoms with van der Waals surface area (Å²) in [5, 5.41) is 5.09. The van der Waals surface area contributed by atoms with Crippen molar-refractivity contribution in [2.24, 2.45) is 5.92 Å². The summed E-state index contributed by atoms with van der Waals surface area (Å²) in [5.74, 6) is 2.07.